The van der Waals surface area contributed by atoms with Crippen LogP contribution in [0.5, 0.6) is 0 Å². The largest absolute Gasteiger partial charge is 0.455 e. The Morgan fingerprint density at radius 1 is 1.23 bits per heavy atom. The number of fused-ring (bicyclic) bond motifs is 1. The van der Waals surface area contributed by atoms with Crippen molar-refractivity contribution in [3.63, 3.8) is 0 Å². The number of amides is 1. The summed E-state index contributed by atoms with van der Waals surface area (Å²) in [6, 6.07) is 14.2. The molecule has 1 atom stereocenters. The molecule has 134 valence electrons. The van der Waals surface area contributed by atoms with Crippen LogP contribution in [0.3, 0.4) is 0 Å². The highest BCUT2D eigenvalue weighted by atomic mass is 35.5. The summed E-state index contributed by atoms with van der Waals surface area (Å²) in [7, 11) is 0. The molecule has 0 aliphatic carbocycles. The third-order valence-electron chi connectivity index (χ3n) is 3.85. The molecule has 1 aromatic heterocycles. The van der Waals surface area contributed by atoms with E-state index in [1.165, 1.54) is 0 Å². The highest BCUT2D eigenvalue weighted by Crippen LogP contribution is 2.19. The van der Waals surface area contributed by atoms with Crippen molar-refractivity contribution in [1.29, 1.82) is 0 Å². The van der Waals surface area contributed by atoms with E-state index >= 15 is 0 Å². The van der Waals surface area contributed by atoms with Gasteiger partial charge in [-0.15, -0.1) is 0 Å². The van der Waals surface area contributed by atoms with Crippen molar-refractivity contribution in [2.24, 2.45) is 0 Å². The lowest BCUT2D eigenvalue weighted by Crippen LogP contribution is -2.31. The molecule has 0 saturated carbocycles. The summed E-state index contributed by atoms with van der Waals surface area (Å²) in [4.78, 5) is 23.9. The third kappa shape index (κ3) is 4.40. The first-order valence-electron chi connectivity index (χ1n) is 8.06. The molecule has 1 N–H and O–H groups in total. The zero-order valence-electron chi connectivity index (χ0n) is 14.1. The number of carbonyl (C=O) groups excluding carboxylic acids is 2. The van der Waals surface area contributed by atoms with Crippen molar-refractivity contribution in [2.75, 3.05) is 6.61 Å². The molecular formula is C19H17ClN2O4. The zero-order chi connectivity index (χ0) is 18.5. The molecule has 3 aromatic rings. The topological polar surface area (TPSA) is 81.4 Å². The monoisotopic (exact) mass is 372 g/mol. The van der Waals surface area contributed by atoms with Crippen LogP contribution in [0.15, 0.2) is 53.1 Å². The Morgan fingerprint density at radius 3 is 2.85 bits per heavy atom. The van der Waals surface area contributed by atoms with Crippen LogP contribution in [-0.4, -0.2) is 23.6 Å². The molecule has 0 spiro atoms. The predicted molar refractivity (Wildman–Crippen MR) is 96.7 cm³/mol. The van der Waals surface area contributed by atoms with Crippen LogP contribution < -0.4 is 5.32 Å². The van der Waals surface area contributed by atoms with Crippen molar-refractivity contribution in [2.45, 2.75) is 19.4 Å². The van der Waals surface area contributed by atoms with E-state index in [0.717, 1.165) is 10.9 Å². The van der Waals surface area contributed by atoms with E-state index < -0.39 is 11.9 Å². The zero-order valence-corrected chi connectivity index (χ0v) is 14.8. The van der Waals surface area contributed by atoms with Gasteiger partial charge in [0.25, 0.3) is 5.91 Å². The van der Waals surface area contributed by atoms with Crippen molar-refractivity contribution in [3.8, 4) is 0 Å². The summed E-state index contributed by atoms with van der Waals surface area (Å²) in [6.45, 7) is 1.46. The summed E-state index contributed by atoms with van der Waals surface area (Å²) in [5.74, 6) is -0.939. The van der Waals surface area contributed by atoms with Crippen LogP contribution in [-0.2, 0) is 20.7 Å². The molecule has 7 heteroatoms. The highest BCUT2D eigenvalue weighted by Gasteiger charge is 2.15. The molecule has 0 fully saturated rings. The van der Waals surface area contributed by atoms with Crippen LogP contribution >= 0.6 is 11.6 Å². The predicted octanol–water partition coefficient (Wildman–Crippen LogP) is 3.44. The van der Waals surface area contributed by atoms with Gasteiger partial charge in [0.1, 0.15) is 5.69 Å². The average Bonchev–Trinajstić information content (AvgIpc) is 3.03. The maximum Gasteiger partial charge on any atom is 0.312 e. The first kappa shape index (κ1) is 17.9. The lowest BCUT2D eigenvalue weighted by Gasteiger charge is -2.14. The standard InChI is InChI=1S/C19H17ClN2O4/c1-12(13-5-4-6-14(20)9-13)21-18(23)11-25-19(24)10-16-15-7-2-3-8-17(15)26-22-16/h2-9,12H,10-11H2,1H3,(H,21,23)/t12-/m0/s1. The highest BCUT2D eigenvalue weighted by molar-refractivity contribution is 6.30. The third-order valence-corrected chi connectivity index (χ3v) is 4.09. The molecule has 6 nitrogen and oxygen atoms in total. The second kappa shape index (κ2) is 8.01. The number of ether oxygens (including phenoxy) is 1. The Labute approximate surface area is 155 Å². The number of halogens is 1. The van der Waals surface area contributed by atoms with E-state index in [0.29, 0.717) is 16.3 Å². The van der Waals surface area contributed by atoms with Gasteiger partial charge in [0.2, 0.25) is 0 Å². The van der Waals surface area contributed by atoms with E-state index in [1.54, 1.807) is 18.2 Å². The van der Waals surface area contributed by atoms with Gasteiger partial charge in [-0.3, -0.25) is 9.59 Å². The van der Waals surface area contributed by atoms with E-state index in [9.17, 15) is 9.59 Å². The molecule has 1 amide bonds. The first-order chi connectivity index (χ1) is 12.5. The molecule has 0 aliphatic rings. The van der Waals surface area contributed by atoms with Gasteiger partial charge in [0.15, 0.2) is 12.2 Å². The minimum absolute atomic E-state index is 0.0614. The number of hydrogen-bond donors (Lipinski definition) is 1. The van der Waals surface area contributed by atoms with E-state index in [2.05, 4.69) is 10.5 Å². The summed E-state index contributed by atoms with van der Waals surface area (Å²) in [5.41, 5.74) is 1.95. The summed E-state index contributed by atoms with van der Waals surface area (Å²) >= 11 is 5.94. The number of esters is 1. The Bertz CT molecular complexity index is 938. The number of aromatic nitrogens is 1. The van der Waals surface area contributed by atoms with Crippen molar-refractivity contribution in [1.82, 2.24) is 10.5 Å². The second-order valence-corrected chi connectivity index (χ2v) is 6.24. The van der Waals surface area contributed by atoms with Gasteiger partial charge in [-0.25, -0.2) is 0 Å². The van der Waals surface area contributed by atoms with Gasteiger partial charge in [-0.2, -0.15) is 0 Å². The molecule has 2 aromatic carbocycles. The van der Waals surface area contributed by atoms with Crippen LogP contribution in [0.25, 0.3) is 11.0 Å². The summed E-state index contributed by atoms with van der Waals surface area (Å²) in [6.07, 6.45) is -0.0614. The number of nitrogens with one attached hydrogen (secondary N) is 1. The number of benzene rings is 2. The quantitative estimate of drug-likeness (QED) is 0.670. The van der Waals surface area contributed by atoms with Crippen molar-refractivity contribution < 1.29 is 18.8 Å². The minimum Gasteiger partial charge on any atom is -0.455 e. The number of rotatable bonds is 6. The average molecular weight is 373 g/mol. The molecule has 26 heavy (non-hydrogen) atoms. The second-order valence-electron chi connectivity index (χ2n) is 5.81. The van der Waals surface area contributed by atoms with Crippen LogP contribution in [0.4, 0.5) is 0 Å². The Balaban J connectivity index is 1.50. The van der Waals surface area contributed by atoms with Gasteiger partial charge in [-0.1, -0.05) is 41.0 Å². The number of nitrogens with zero attached hydrogens (tertiary/aromatic N) is 1. The van der Waals surface area contributed by atoms with E-state index in [1.807, 2.05) is 37.3 Å². The lowest BCUT2D eigenvalue weighted by atomic mass is 10.1. The van der Waals surface area contributed by atoms with Crippen LogP contribution in [0, 0.1) is 0 Å². The SMILES string of the molecule is C[C@H](NC(=O)COC(=O)Cc1noc2ccccc12)c1cccc(Cl)c1. The Kier molecular flexibility index (Phi) is 5.53. The van der Waals surface area contributed by atoms with Gasteiger partial charge in [0, 0.05) is 10.4 Å². The van der Waals surface area contributed by atoms with Crippen molar-refractivity contribution >= 4 is 34.4 Å². The lowest BCUT2D eigenvalue weighted by molar-refractivity contribution is -0.148. The fourth-order valence-corrected chi connectivity index (χ4v) is 2.74. The molecule has 0 saturated heterocycles. The van der Waals surface area contributed by atoms with Crippen LogP contribution in [0.1, 0.15) is 24.2 Å². The summed E-state index contributed by atoms with van der Waals surface area (Å²) < 4.78 is 10.2. The number of hydrogen-bond acceptors (Lipinski definition) is 5. The molecule has 3 rings (SSSR count). The number of carbonyl (C=O) groups is 2. The Morgan fingerprint density at radius 2 is 2.04 bits per heavy atom. The van der Waals surface area contributed by atoms with Crippen molar-refractivity contribution in [3.05, 3.63) is 64.8 Å². The summed E-state index contributed by atoms with van der Waals surface area (Å²) in [5, 5.41) is 7.97. The number of para-hydroxylation sites is 1. The molecule has 0 aliphatic heterocycles. The van der Waals surface area contributed by atoms with Crippen LogP contribution in [0.2, 0.25) is 5.02 Å². The minimum atomic E-state index is -0.547. The first-order valence-corrected chi connectivity index (χ1v) is 8.44. The van der Waals surface area contributed by atoms with Gasteiger partial charge < -0.3 is 14.6 Å². The van der Waals surface area contributed by atoms with Gasteiger partial charge >= 0.3 is 5.97 Å². The smallest absolute Gasteiger partial charge is 0.312 e. The van der Waals surface area contributed by atoms with E-state index in [-0.39, 0.29) is 19.1 Å². The maximum absolute atomic E-state index is 12.0. The van der Waals surface area contributed by atoms with Gasteiger partial charge in [-0.05, 0) is 36.8 Å². The normalized spacial score (nSPS) is 11.9. The molecule has 0 bridgehead atoms. The molecular weight excluding hydrogens is 356 g/mol. The fraction of sp³-hybridized carbons (Fsp3) is 0.211. The van der Waals surface area contributed by atoms with E-state index in [4.69, 9.17) is 20.9 Å². The molecule has 0 unspecified atom stereocenters. The Hall–Kier alpha value is -2.86. The maximum atomic E-state index is 12.0. The van der Waals surface area contributed by atoms with Gasteiger partial charge in [0.05, 0.1) is 12.5 Å². The molecule has 1 heterocycles. The molecule has 0 radical (unpaired) electrons. The fourth-order valence-electron chi connectivity index (χ4n) is 2.54.